The Bertz CT molecular complexity index is 994. The lowest BCUT2D eigenvalue weighted by Gasteiger charge is -2.16. The summed E-state index contributed by atoms with van der Waals surface area (Å²) in [6.45, 7) is 0.404. The second-order valence-corrected chi connectivity index (χ2v) is 6.71. The summed E-state index contributed by atoms with van der Waals surface area (Å²) < 4.78 is 72.8. The number of halogens is 5. The molecule has 0 spiro atoms. The fourth-order valence-electron chi connectivity index (χ4n) is 2.98. The SMILES string of the molecule is O=C(/C=C/c1c(F)cccc1F)Nc1ccc(NC(=O)C2CCCO2)cc1C(F)(F)F. The van der Waals surface area contributed by atoms with Gasteiger partial charge in [0, 0.05) is 23.9 Å². The summed E-state index contributed by atoms with van der Waals surface area (Å²) in [6, 6.07) is 5.94. The van der Waals surface area contributed by atoms with Gasteiger partial charge in [0.05, 0.1) is 11.3 Å². The summed E-state index contributed by atoms with van der Waals surface area (Å²) in [4.78, 5) is 24.1. The molecule has 0 aromatic heterocycles. The number of ether oxygens (including phenoxy) is 1. The molecule has 0 bridgehead atoms. The smallest absolute Gasteiger partial charge is 0.368 e. The van der Waals surface area contributed by atoms with E-state index in [2.05, 4.69) is 5.32 Å². The average Bonchev–Trinajstić information content (AvgIpc) is 3.23. The van der Waals surface area contributed by atoms with Crippen molar-refractivity contribution in [2.45, 2.75) is 25.1 Å². The van der Waals surface area contributed by atoms with Crippen LogP contribution in [0, 0.1) is 11.6 Å². The van der Waals surface area contributed by atoms with E-state index < -0.39 is 52.5 Å². The highest BCUT2D eigenvalue weighted by Crippen LogP contribution is 2.36. The second kappa shape index (κ2) is 9.25. The minimum Gasteiger partial charge on any atom is -0.368 e. The second-order valence-electron chi connectivity index (χ2n) is 6.71. The molecular formula is C21H17F5N2O3. The highest BCUT2D eigenvalue weighted by atomic mass is 19.4. The Hall–Kier alpha value is -3.27. The lowest BCUT2D eigenvalue weighted by atomic mass is 10.1. The number of carbonyl (C=O) groups excluding carboxylic acids is 2. The van der Waals surface area contributed by atoms with Crippen LogP contribution in [0.15, 0.2) is 42.5 Å². The monoisotopic (exact) mass is 440 g/mol. The van der Waals surface area contributed by atoms with Crippen molar-refractivity contribution in [2.24, 2.45) is 0 Å². The van der Waals surface area contributed by atoms with Crippen LogP contribution in [0.4, 0.5) is 33.3 Å². The lowest BCUT2D eigenvalue weighted by molar-refractivity contribution is -0.137. The molecule has 0 radical (unpaired) electrons. The molecule has 1 aliphatic heterocycles. The summed E-state index contributed by atoms with van der Waals surface area (Å²) in [5, 5.41) is 4.40. The molecule has 0 saturated carbocycles. The Morgan fingerprint density at radius 2 is 1.77 bits per heavy atom. The molecule has 0 aliphatic carbocycles. The zero-order valence-electron chi connectivity index (χ0n) is 15.9. The van der Waals surface area contributed by atoms with E-state index >= 15 is 0 Å². The Balaban J connectivity index is 1.77. The third-order valence-corrected chi connectivity index (χ3v) is 4.47. The highest BCUT2D eigenvalue weighted by molar-refractivity contribution is 6.03. The molecule has 3 rings (SSSR count). The number of amides is 2. The first kappa shape index (κ1) is 22.4. The van der Waals surface area contributed by atoms with Crippen molar-refractivity contribution in [3.63, 3.8) is 0 Å². The quantitative estimate of drug-likeness (QED) is 0.521. The summed E-state index contributed by atoms with van der Waals surface area (Å²) >= 11 is 0. The van der Waals surface area contributed by atoms with Gasteiger partial charge in [-0.2, -0.15) is 13.2 Å². The van der Waals surface area contributed by atoms with E-state index in [0.29, 0.717) is 25.5 Å². The molecule has 2 aromatic rings. The van der Waals surface area contributed by atoms with Crippen molar-refractivity contribution in [3.05, 3.63) is 65.2 Å². The van der Waals surface area contributed by atoms with Crippen LogP contribution in [0.1, 0.15) is 24.0 Å². The lowest BCUT2D eigenvalue weighted by Crippen LogP contribution is -2.27. The van der Waals surface area contributed by atoms with E-state index in [1.165, 1.54) is 6.07 Å². The van der Waals surface area contributed by atoms with Gasteiger partial charge in [0.2, 0.25) is 5.91 Å². The summed E-state index contributed by atoms with van der Waals surface area (Å²) in [5.74, 6) is -3.43. The van der Waals surface area contributed by atoms with Crippen molar-refractivity contribution in [1.82, 2.24) is 0 Å². The van der Waals surface area contributed by atoms with E-state index in [9.17, 15) is 31.5 Å². The number of alkyl halides is 3. The zero-order valence-corrected chi connectivity index (χ0v) is 15.9. The van der Waals surface area contributed by atoms with Crippen LogP contribution in [-0.4, -0.2) is 24.5 Å². The van der Waals surface area contributed by atoms with Gasteiger partial charge in [-0.05, 0) is 49.2 Å². The van der Waals surface area contributed by atoms with Crippen LogP contribution in [0.2, 0.25) is 0 Å². The van der Waals surface area contributed by atoms with Gasteiger partial charge in [0.15, 0.2) is 0 Å². The molecule has 5 nitrogen and oxygen atoms in total. The third-order valence-electron chi connectivity index (χ3n) is 4.47. The largest absolute Gasteiger partial charge is 0.418 e. The van der Waals surface area contributed by atoms with E-state index in [0.717, 1.165) is 36.4 Å². The van der Waals surface area contributed by atoms with Crippen LogP contribution in [0.3, 0.4) is 0 Å². The fraction of sp³-hybridized carbons (Fsp3) is 0.238. The van der Waals surface area contributed by atoms with Gasteiger partial charge in [-0.1, -0.05) is 6.07 Å². The molecule has 164 valence electrons. The summed E-state index contributed by atoms with van der Waals surface area (Å²) in [5.41, 5.74) is -2.39. The highest BCUT2D eigenvalue weighted by Gasteiger charge is 2.34. The number of anilines is 2. The van der Waals surface area contributed by atoms with Gasteiger partial charge < -0.3 is 15.4 Å². The van der Waals surface area contributed by atoms with Crippen molar-refractivity contribution >= 4 is 29.3 Å². The standard InChI is InChI=1S/C21H17F5N2O3/c22-15-3-1-4-16(23)13(15)7-9-19(29)28-17-8-6-12(11-14(17)21(24,25)26)27-20(30)18-5-2-10-31-18/h1,3-4,6-9,11,18H,2,5,10H2,(H,27,30)(H,28,29)/b9-7+. The molecule has 1 heterocycles. The van der Waals surface area contributed by atoms with Gasteiger partial charge in [0.25, 0.3) is 5.91 Å². The normalized spacial score (nSPS) is 16.5. The van der Waals surface area contributed by atoms with Crippen LogP contribution >= 0.6 is 0 Å². The zero-order chi connectivity index (χ0) is 22.6. The molecule has 1 aliphatic rings. The summed E-state index contributed by atoms with van der Waals surface area (Å²) in [6.07, 6.45) is -2.87. The minimum atomic E-state index is -4.84. The van der Waals surface area contributed by atoms with Crippen molar-refractivity contribution in [3.8, 4) is 0 Å². The first-order valence-corrected chi connectivity index (χ1v) is 9.22. The van der Waals surface area contributed by atoms with Crippen molar-refractivity contribution in [1.29, 1.82) is 0 Å². The number of hydrogen-bond acceptors (Lipinski definition) is 3. The average molecular weight is 440 g/mol. The van der Waals surface area contributed by atoms with E-state index in [1.54, 1.807) is 0 Å². The number of benzene rings is 2. The van der Waals surface area contributed by atoms with Gasteiger partial charge in [-0.15, -0.1) is 0 Å². The molecule has 2 aromatic carbocycles. The predicted octanol–water partition coefficient (Wildman–Crippen LogP) is 4.75. The number of carbonyl (C=O) groups is 2. The molecule has 1 unspecified atom stereocenters. The molecule has 10 heteroatoms. The van der Waals surface area contributed by atoms with Gasteiger partial charge in [0.1, 0.15) is 17.7 Å². The Morgan fingerprint density at radius 3 is 2.39 bits per heavy atom. The first-order chi connectivity index (χ1) is 14.6. The van der Waals surface area contributed by atoms with Gasteiger partial charge in [-0.3, -0.25) is 9.59 Å². The topological polar surface area (TPSA) is 67.4 Å². The molecule has 1 atom stereocenters. The van der Waals surface area contributed by atoms with Crippen LogP contribution in [0.5, 0.6) is 0 Å². The molecule has 1 fully saturated rings. The number of hydrogen-bond donors (Lipinski definition) is 2. The van der Waals surface area contributed by atoms with E-state index in [-0.39, 0.29) is 5.69 Å². The van der Waals surface area contributed by atoms with Crippen LogP contribution < -0.4 is 10.6 Å². The predicted molar refractivity (Wildman–Crippen MR) is 103 cm³/mol. The Morgan fingerprint density at radius 1 is 1.06 bits per heavy atom. The number of rotatable bonds is 5. The molecule has 31 heavy (non-hydrogen) atoms. The number of nitrogens with one attached hydrogen (secondary N) is 2. The fourth-order valence-corrected chi connectivity index (χ4v) is 2.98. The molecule has 1 saturated heterocycles. The van der Waals surface area contributed by atoms with Crippen LogP contribution in [-0.2, 0) is 20.5 Å². The maximum atomic E-state index is 13.6. The van der Waals surface area contributed by atoms with E-state index in [4.69, 9.17) is 4.74 Å². The molecular weight excluding hydrogens is 423 g/mol. The molecule has 2 N–H and O–H groups in total. The molecule has 2 amide bonds. The maximum absolute atomic E-state index is 13.6. The summed E-state index contributed by atoms with van der Waals surface area (Å²) in [7, 11) is 0. The third kappa shape index (κ3) is 5.66. The maximum Gasteiger partial charge on any atom is 0.418 e. The Labute approximate surface area is 173 Å². The van der Waals surface area contributed by atoms with Gasteiger partial charge >= 0.3 is 6.18 Å². The van der Waals surface area contributed by atoms with Crippen molar-refractivity contribution < 1.29 is 36.3 Å². The Kier molecular flexibility index (Phi) is 6.69. The first-order valence-electron chi connectivity index (χ1n) is 9.22. The van der Waals surface area contributed by atoms with Crippen LogP contribution in [0.25, 0.3) is 6.08 Å². The van der Waals surface area contributed by atoms with Crippen molar-refractivity contribution in [2.75, 3.05) is 17.2 Å². The van der Waals surface area contributed by atoms with E-state index in [1.807, 2.05) is 5.32 Å². The minimum absolute atomic E-state index is 0.116. The van der Waals surface area contributed by atoms with Gasteiger partial charge in [-0.25, -0.2) is 8.78 Å².